The van der Waals surface area contributed by atoms with Crippen molar-refractivity contribution >= 4 is 0 Å². The minimum atomic E-state index is -1.64. The quantitative estimate of drug-likeness (QED) is 0.768. The predicted molar refractivity (Wildman–Crippen MR) is 111 cm³/mol. The molecule has 2 aliphatic rings. The third-order valence-electron chi connectivity index (χ3n) is 6.17. The first kappa shape index (κ1) is 21.2. The van der Waals surface area contributed by atoms with Crippen LogP contribution in [0.15, 0.2) is 41.1 Å². The van der Waals surface area contributed by atoms with Crippen LogP contribution in [-0.4, -0.2) is 38.3 Å². The van der Waals surface area contributed by atoms with Crippen LogP contribution in [0.4, 0.5) is 0 Å². The summed E-state index contributed by atoms with van der Waals surface area (Å²) in [6.45, 7) is 5.41. The highest BCUT2D eigenvalue weighted by atomic mass is 16.5. The van der Waals surface area contributed by atoms with Crippen LogP contribution < -0.4 is 15.2 Å². The highest BCUT2D eigenvalue weighted by molar-refractivity contribution is 5.61. The number of rotatable bonds is 4. The Labute approximate surface area is 177 Å². The molecule has 1 aliphatic carbocycles. The molecule has 7 heteroatoms. The maximum atomic E-state index is 10.1. The Hall–Kier alpha value is -3.47. The molecule has 7 nitrogen and oxygen atoms in total. The maximum Gasteiger partial charge on any atom is 0.204 e. The summed E-state index contributed by atoms with van der Waals surface area (Å²) in [4.78, 5) is 2.25. The fraction of sp³-hybridized carbons (Fsp3) is 0.435. The number of hydrogen-bond acceptors (Lipinski definition) is 7. The Bertz CT molecular complexity index is 1020. The second kappa shape index (κ2) is 8.11. The first-order valence-electron chi connectivity index (χ1n) is 9.78. The molecule has 0 unspecified atom stereocenters. The molecule has 0 spiro atoms. The number of methoxy groups -OCH3 is 2. The number of fused-ring (bicyclic) bond motifs is 1. The van der Waals surface area contributed by atoms with E-state index in [9.17, 15) is 15.8 Å². The molecule has 1 aromatic carbocycles. The van der Waals surface area contributed by atoms with Crippen molar-refractivity contribution in [3.8, 4) is 29.7 Å². The summed E-state index contributed by atoms with van der Waals surface area (Å²) in [5.74, 6) is 0.337. The number of benzene rings is 1. The second-order valence-electron chi connectivity index (χ2n) is 7.79. The fourth-order valence-electron chi connectivity index (χ4n) is 4.59. The third-order valence-corrected chi connectivity index (χ3v) is 6.17. The molecule has 0 aromatic heterocycles. The molecule has 0 saturated carbocycles. The van der Waals surface area contributed by atoms with Gasteiger partial charge in [-0.2, -0.15) is 15.8 Å². The van der Waals surface area contributed by atoms with Crippen LogP contribution >= 0.6 is 0 Å². The van der Waals surface area contributed by atoms with Crippen LogP contribution in [-0.2, 0) is 0 Å². The van der Waals surface area contributed by atoms with Crippen LogP contribution in [0, 0.1) is 45.3 Å². The van der Waals surface area contributed by atoms with Gasteiger partial charge in [-0.1, -0.05) is 18.2 Å². The van der Waals surface area contributed by atoms with Gasteiger partial charge in [-0.05, 0) is 25.5 Å². The summed E-state index contributed by atoms with van der Waals surface area (Å²) in [6.07, 6.45) is 1.93. The highest BCUT2D eigenvalue weighted by Gasteiger charge is 2.53. The van der Waals surface area contributed by atoms with E-state index >= 15 is 0 Å². The lowest BCUT2D eigenvalue weighted by Gasteiger charge is -2.46. The molecule has 0 fully saturated rings. The molecule has 1 heterocycles. The van der Waals surface area contributed by atoms with Crippen molar-refractivity contribution in [2.45, 2.75) is 25.8 Å². The number of nitrogens with zero attached hydrogens (tertiary/aromatic N) is 4. The Morgan fingerprint density at radius 3 is 2.40 bits per heavy atom. The standard InChI is InChI=1S/C23H25N5O2/c1-14(2)28-9-8-18-17(11-28)20(15-6-5-7-19(29-3)21(15)30-4)16(10-24)22(27)23(18,12-25)13-26/h5-8,14,17,20H,9,11,27H2,1-4H3/t17-,20-/m0/s1. The van der Waals surface area contributed by atoms with E-state index in [-0.39, 0.29) is 23.2 Å². The second-order valence-corrected chi connectivity index (χ2v) is 7.79. The van der Waals surface area contributed by atoms with E-state index in [1.54, 1.807) is 20.3 Å². The number of allylic oxidation sites excluding steroid dienone is 2. The number of para-hydroxylation sites is 1. The number of hydrogen-bond donors (Lipinski definition) is 1. The van der Waals surface area contributed by atoms with Gasteiger partial charge < -0.3 is 15.2 Å². The SMILES string of the molecule is COc1cccc([C@H]2C(C#N)=C(N)C(C#N)(C#N)C3=CCN(C(C)C)C[C@@H]32)c1OC. The molecule has 0 saturated heterocycles. The first-order valence-corrected chi connectivity index (χ1v) is 9.78. The first-order chi connectivity index (χ1) is 14.4. The van der Waals surface area contributed by atoms with Crippen LogP contribution in [0.25, 0.3) is 0 Å². The summed E-state index contributed by atoms with van der Waals surface area (Å²) in [5.41, 5.74) is 6.38. The monoisotopic (exact) mass is 403 g/mol. The fourth-order valence-corrected chi connectivity index (χ4v) is 4.59. The molecule has 0 radical (unpaired) electrons. The van der Waals surface area contributed by atoms with Gasteiger partial charge >= 0.3 is 0 Å². The van der Waals surface area contributed by atoms with E-state index in [0.29, 0.717) is 30.2 Å². The Morgan fingerprint density at radius 1 is 1.17 bits per heavy atom. The van der Waals surface area contributed by atoms with Gasteiger partial charge in [-0.15, -0.1) is 0 Å². The Morgan fingerprint density at radius 2 is 1.87 bits per heavy atom. The molecule has 3 rings (SSSR count). The van der Waals surface area contributed by atoms with Gasteiger partial charge in [0.15, 0.2) is 11.5 Å². The lowest BCUT2D eigenvalue weighted by Crippen LogP contribution is -2.48. The topological polar surface area (TPSA) is 119 Å². The van der Waals surface area contributed by atoms with Crippen LogP contribution in [0.2, 0.25) is 0 Å². The summed E-state index contributed by atoms with van der Waals surface area (Å²) in [7, 11) is 3.11. The van der Waals surface area contributed by atoms with Crippen LogP contribution in [0.3, 0.4) is 0 Å². The van der Waals surface area contributed by atoms with E-state index in [1.807, 2.05) is 18.2 Å². The van der Waals surface area contributed by atoms with Crippen molar-refractivity contribution in [2.24, 2.45) is 17.1 Å². The van der Waals surface area contributed by atoms with Gasteiger partial charge in [0, 0.05) is 36.5 Å². The maximum absolute atomic E-state index is 10.1. The van der Waals surface area contributed by atoms with E-state index < -0.39 is 11.3 Å². The summed E-state index contributed by atoms with van der Waals surface area (Å²) in [5, 5.41) is 30.0. The molecule has 154 valence electrons. The lowest BCUT2D eigenvalue weighted by atomic mass is 9.59. The Kier molecular flexibility index (Phi) is 5.74. The number of nitrogens with two attached hydrogens (primary N) is 1. The molecule has 0 amide bonds. The highest BCUT2D eigenvalue weighted by Crippen LogP contribution is 2.55. The van der Waals surface area contributed by atoms with Gasteiger partial charge in [0.05, 0.1) is 43.7 Å². The van der Waals surface area contributed by atoms with Crippen molar-refractivity contribution in [1.29, 1.82) is 15.8 Å². The summed E-state index contributed by atoms with van der Waals surface area (Å²) < 4.78 is 11.1. The zero-order valence-corrected chi connectivity index (χ0v) is 17.6. The predicted octanol–water partition coefficient (Wildman–Crippen LogP) is 2.84. The van der Waals surface area contributed by atoms with Gasteiger partial charge in [0.2, 0.25) is 5.41 Å². The number of nitriles is 3. The molecule has 2 atom stereocenters. The zero-order valence-electron chi connectivity index (χ0n) is 17.6. The Balaban J connectivity index is 2.35. The third kappa shape index (κ3) is 2.98. The van der Waals surface area contributed by atoms with E-state index in [4.69, 9.17) is 15.2 Å². The van der Waals surface area contributed by atoms with Gasteiger partial charge in [-0.25, -0.2) is 0 Å². The molecule has 30 heavy (non-hydrogen) atoms. The lowest BCUT2D eigenvalue weighted by molar-refractivity contribution is 0.185. The minimum absolute atomic E-state index is 0.00497. The van der Waals surface area contributed by atoms with Crippen molar-refractivity contribution in [3.05, 3.63) is 46.7 Å². The van der Waals surface area contributed by atoms with Gasteiger partial charge in [0.1, 0.15) is 0 Å². The summed E-state index contributed by atoms with van der Waals surface area (Å²) >= 11 is 0. The minimum Gasteiger partial charge on any atom is -0.493 e. The van der Waals surface area contributed by atoms with Crippen LogP contribution in [0.1, 0.15) is 25.3 Å². The van der Waals surface area contributed by atoms with Gasteiger partial charge in [-0.3, -0.25) is 4.90 Å². The average molecular weight is 403 g/mol. The smallest absolute Gasteiger partial charge is 0.204 e. The van der Waals surface area contributed by atoms with Crippen molar-refractivity contribution in [1.82, 2.24) is 4.90 Å². The normalized spacial score (nSPS) is 22.9. The van der Waals surface area contributed by atoms with Crippen molar-refractivity contribution in [2.75, 3.05) is 27.3 Å². The van der Waals surface area contributed by atoms with E-state index in [0.717, 1.165) is 5.56 Å². The molecule has 2 N–H and O–H groups in total. The average Bonchev–Trinajstić information content (AvgIpc) is 2.77. The largest absolute Gasteiger partial charge is 0.493 e. The van der Waals surface area contributed by atoms with Crippen molar-refractivity contribution in [3.63, 3.8) is 0 Å². The molecular weight excluding hydrogens is 378 g/mol. The van der Waals surface area contributed by atoms with Crippen LogP contribution in [0.5, 0.6) is 11.5 Å². The summed E-state index contributed by atoms with van der Waals surface area (Å²) in [6, 6.07) is 12.2. The molecule has 1 aromatic rings. The zero-order chi connectivity index (χ0) is 22.1. The van der Waals surface area contributed by atoms with Crippen molar-refractivity contribution < 1.29 is 9.47 Å². The molecule has 1 aliphatic heterocycles. The van der Waals surface area contributed by atoms with E-state index in [1.165, 1.54) is 0 Å². The van der Waals surface area contributed by atoms with E-state index in [2.05, 4.69) is 37.0 Å². The molecular formula is C23H25N5O2. The molecule has 0 bridgehead atoms. The van der Waals surface area contributed by atoms with Gasteiger partial charge in [0.25, 0.3) is 0 Å². The number of ether oxygens (including phenoxy) is 2.